The number of hydrogen-bond acceptors (Lipinski definition) is 5. The molecule has 0 aliphatic heterocycles. The van der Waals surface area contributed by atoms with Gasteiger partial charge in [-0.05, 0) is 18.2 Å². The minimum absolute atomic E-state index is 0.0866. The van der Waals surface area contributed by atoms with Gasteiger partial charge in [0.05, 0.1) is 17.6 Å². The largest absolute Gasteiger partial charge is 0.478 e. The summed E-state index contributed by atoms with van der Waals surface area (Å²) in [4.78, 5) is 30.1. The number of anilines is 1. The Hall–Kier alpha value is -2.70. The van der Waals surface area contributed by atoms with Crippen LogP contribution in [0.3, 0.4) is 0 Å². The summed E-state index contributed by atoms with van der Waals surface area (Å²) in [5, 5.41) is 14.9. The molecule has 0 saturated heterocycles. The average Bonchev–Trinajstić information content (AvgIpc) is 2.43. The molecule has 7 nitrogen and oxygen atoms in total. The van der Waals surface area contributed by atoms with Crippen LogP contribution in [0.4, 0.5) is 5.82 Å². The lowest BCUT2D eigenvalue weighted by molar-refractivity contribution is -0.118. The maximum atomic E-state index is 11.2. The number of fused-ring (bicyclic) bond motifs is 1. The lowest BCUT2D eigenvalue weighted by atomic mass is 10.1. The van der Waals surface area contributed by atoms with Crippen molar-refractivity contribution in [3.8, 4) is 0 Å². The number of rotatable bonds is 4. The number of aromatic carboxylic acids is 1. The van der Waals surface area contributed by atoms with E-state index in [0.717, 1.165) is 0 Å². The van der Waals surface area contributed by atoms with Gasteiger partial charge in [0.15, 0.2) is 0 Å². The van der Waals surface area contributed by atoms with Gasteiger partial charge in [0.2, 0.25) is 5.91 Å². The third-order valence-electron chi connectivity index (χ3n) is 2.58. The molecule has 0 radical (unpaired) electrons. The molecule has 1 heterocycles. The summed E-state index contributed by atoms with van der Waals surface area (Å²) in [6.07, 6.45) is 1.32. The molecule has 1 amide bonds. The summed E-state index contributed by atoms with van der Waals surface area (Å²) in [5.74, 6) is -0.695. The van der Waals surface area contributed by atoms with Crippen molar-refractivity contribution in [1.82, 2.24) is 15.3 Å². The van der Waals surface area contributed by atoms with Crippen LogP contribution in [0, 0.1) is 0 Å². The highest BCUT2D eigenvalue weighted by atomic mass is 16.4. The van der Waals surface area contributed by atoms with Crippen LogP contribution < -0.4 is 10.6 Å². The van der Waals surface area contributed by atoms with E-state index in [4.69, 9.17) is 5.11 Å². The summed E-state index contributed by atoms with van der Waals surface area (Å²) in [6, 6.07) is 4.55. The molecule has 1 aromatic heterocycles. The predicted octanol–water partition coefficient (Wildman–Crippen LogP) is 0.486. The fraction of sp³-hybridized carbons (Fsp3) is 0.167. The number of carbonyl (C=O) groups is 2. The number of carboxylic acid groups (broad SMARTS) is 1. The number of nitrogens with one attached hydrogen (secondary N) is 2. The van der Waals surface area contributed by atoms with Crippen LogP contribution in [0.1, 0.15) is 10.4 Å². The van der Waals surface area contributed by atoms with Crippen LogP contribution in [0.5, 0.6) is 0 Å². The van der Waals surface area contributed by atoms with Gasteiger partial charge in [-0.25, -0.2) is 14.8 Å². The highest BCUT2D eigenvalue weighted by Crippen LogP contribution is 2.20. The van der Waals surface area contributed by atoms with E-state index in [1.54, 1.807) is 13.1 Å². The average molecular weight is 260 g/mol. The standard InChI is InChI=1S/C12H12N4O3/c1-13-10(17)5-14-11-8-3-2-7(12(18)19)4-9(8)15-6-16-11/h2-4,6H,5H2,1H3,(H,13,17)(H,18,19)(H,14,15,16). The van der Waals surface area contributed by atoms with E-state index in [-0.39, 0.29) is 18.0 Å². The topological polar surface area (TPSA) is 104 Å². The van der Waals surface area contributed by atoms with Gasteiger partial charge in [0.25, 0.3) is 0 Å². The highest BCUT2D eigenvalue weighted by molar-refractivity contribution is 5.96. The van der Waals surface area contributed by atoms with Crippen LogP contribution in [0.15, 0.2) is 24.5 Å². The lowest BCUT2D eigenvalue weighted by Crippen LogP contribution is -2.26. The molecular formula is C12H12N4O3. The number of hydrogen-bond donors (Lipinski definition) is 3. The number of benzene rings is 1. The molecule has 0 spiro atoms. The van der Waals surface area contributed by atoms with E-state index in [1.807, 2.05) is 0 Å². The fourth-order valence-electron chi connectivity index (χ4n) is 1.58. The van der Waals surface area contributed by atoms with Gasteiger partial charge in [-0.3, -0.25) is 4.79 Å². The van der Waals surface area contributed by atoms with Crippen LogP contribution in [-0.4, -0.2) is 40.5 Å². The Morgan fingerprint density at radius 3 is 2.79 bits per heavy atom. The molecule has 0 bridgehead atoms. The monoisotopic (exact) mass is 260 g/mol. The smallest absolute Gasteiger partial charge is 0.335 e. The van der Waals surface area contributed by atoms with Crippen molar-refractivity contribution >= 4 is 28.6 Å². The van der Waals surface area contributed by atoms with E-state index in [2.05, 4.69) is 20.6 Å². The molecule has 0 unspecified atom stereocenters. The Bertz CT molecular complexity index is 642. The molecule has 2 rings (SSSR count). The van der Waals surface area contributed by atoms with Crippen LogP contribution in [-0.2, 0) is 4.79 Å². The quantitative estimate of drug-likeness (QED) is 0.738. The molecule has 7 heteroatoms. The Kier molecular flexibility index (Phi) is 3.56. The SMILES string of the molecule is CNC(=O)CNc1ncnc2cc(C(=O)O)ccc12. The van der Waals surface area contributed by atoms with Crippen molar-refractivity contribution in [3.05, 3.63) is 30.1 Å². The van der Waals surface area contributed by atoms with Crippen molar-refractivity contribution in [2.75, 3.05) is 18.9 Å². The third kappa shape index (κ3) is 2.76. The molecule has 0 fully saturated rings. The zero-order valence-electron chi connectivity index (χ0n) is 10.2. The van der Waals surface area contributed by atoms with E-state index >= 15 is 0 Å². The molecule has 0 saturated carbocycles. The third-order valence-corrected chi connectivity index (χ3v) is 2.58. The number of carboxylic acids is 1. The Labute approximate surface area is 108 Å². The van der Waals surface area contributed by atoms with Crippen molar-refractivity contribution in [1.29, 1.82) is 0 Å². The first-order valence-corrected chi connectivity index (χ1v) is 5.54. The zero-order chi connectivity index (χ0) is 13.8. The van der Waals surface area contributed by atoms with Gasteiger partial charge in [-0.2, -0.15) is 0 Å². The molecule has 2 aromatic rings. The normalized spacial score (nSPS) is 10.2. The van der Waals surface area contributed by atoms with Crippen LogP contribution in [0.2, 0.25) is 0 Å². The van der Waals surface area contributed by atoms with Crippen molar-refractivity contribution < 1.29 is 14.7 Å². The molecular weight excluding hydrogens is 248 g/mol. The predicted molar refractivity (Wildman–Crippen MR) is 69.1 cm³/mol. The summed E-state index contributed by atoms with van der Waals surface area (Å²) in [5.41, 5.74) is 0.665. The lowest BCUT2D eigenvalue weighted by Gasteiger charge is -2.07. The van der Waals surface area contributed by atoms with Gasteiger partial charge in [0.1, 0.15) is 12.1 Å². The van der Waals surface area contributed by atoms with Crippen molar-refractivity contribution in [2.45, 2.75) is 0 Å². The first-order chi connectivity index (χ1) is 9.11. The van der Waals surface area contributed by atoms with E-state index in [9.17, 15) is 9.59 Å². The van der Waals surface area contributed by atoms with E-state index < -0.39 is 5.97 Å². The van der Waals surface area contributed by atoms with Gasteiger partial charge in [-0.1, -0.05) is 0 Å². The molecule has 0 atom stereocenters. The van der Waals surface area contributed by atoms with Gasteiger partial charge in [0, 0.05) is 12.4 Å². The molecule has 19 heavy (non-hydrogen) atoms. The summed E-state index contributed by atoms with van der Waals surface area (Å²) < 4.78 is 0. The van der Waals surface area contributed by atoms with E-state index in [1.165, 1.54) is 18.5 Å². The fourth-order valence-corrected chi connectivity index (χ4v) is 1.58. The number of nitrogens with zero attached hydrogens (tertiary/aromatic N) is 2. The number of aromatic nitrogens is 2. The summed E-state index contributed by atoms with van der Waals surface area (Å²) >= 11 is 0. The van der Waals surface area contributed by atoms with Crippen LogP contribution >= 0.6 is 0 Å². The first-order valence-electron chi connectivity index (χ1n) is 5.54. The maximum Gasteiger partial charge on any atom is 0.335 e. The first kappa shape index (κ1) is 12.7. The highest BCUT2D eigenvalue weighted by Gasteiger charge is 2.08. The summed E-state index contributed by atoms with van der Waals surface area (Å²) in [6.45, 7) is 0.0866. The second kappa shape index (κ2) is 5.30. The Morgan fingerprint density at radius 1 is 1.32 bits per heavy atom. The molecule has 0 aliphatic carbocycles. The van der Waals surface area contributed by atoms with Gasteiger partial charge < -0.3 is 15.7 Å². The molecule has 98 valence electrons. The second-order valence-electron chi connectivity index (χ2n) is 3.79. The maximum absolute atomic E-state index is 11.2. The van der Waals surface area contributed by atoms with Crippen molar-refractivity contribution in [3.63, 3.8) is 0 Å². The summed E-state index contributed by atoms with van der Waals surface area (Å²) in [7, 11) is 1.54. The minimum Gasteiger partial charge on any atom is -0.478 e. The minimum atomic E-state index is -1.01. The van der Waals surface area contributed by atoms with Crippen LogP contribution in [0.25, 0.3) is 10.9 Å². The van der Waals surface area contributed by atoms with Crippen molar-refractivity contribution in [2.24, 2.45) is 0 Å². The van der Waals surface area contributed by atoms with E-state index in [0.29, 0.717) is 16.7 Å². The number of carbonyl (C=O) groups excluding carboxylic acids is 1. The zero-order valence-corrected chi connectivity index (χ0v) is 10.2. The Balaban J connectivity index is 2.35. The Morgan fingerprint density at radius 2 is 2.11 bits per heavy atom. The second-order valence-corrected chi connectivity index (χ2v) is 3.79. The van der Waals surface area contributed by atoms with Gasteiger partial charge >= 0.3 is 5.97 Å². The number of amides is 1. The molecule has 3 N–H and O–H groups in total. The number of likely N-dealkylation sites (N-methyl/N-ethyl adjacent to an activating group) is 1. The molecule has 1 aromatic carbocycles. The van der Waals surface area contributed by atoms with Gasteiger partial charge in [-0.15, -0.1) is 0 Å². The molecule has 0 aliphatic rings.